The van der Waals surface area contributed by atoms with Crippen LogP contribution < -0.4 is 5.73 Å². The Kier molecular flexibility index (Phi) is 2.96. The van der Waals surface area contributed by atoms with Crippen LogP contribution in [0.2, 0.25) is 0 Å². The number of hydrogen-bond donors (Lipinski definition) is 1. The number of sulfonamides is 1. The summed E-state index contributed by atoms with van der Waals surface area (Å²) >= 11 is 0. The van der Waals surface area contributed by atoms with Crippen molar-refractivity contribution in [2.45, 2.75) is 4.90 Å². The summed E-state index contributed by atoms with van der Waals surface area (Å²) in [5.41, 5.74) is 5.41. The van der Waals surface area contributed by atoms with Gasteiger partial charge in [-0.3, -0.25) is 0 Å². The molecular formula is C10H13FN2O2S. The molecule has 1 aromatic rings. The molecule has 0 aliphatic carbocycles. The molecule has 1 aliphatic heterocycles. The van der Waals surface area contributed by atoms with E-state index in [1.165, 1.54) is 22.5 Å². The van der Waals surface area contributed by atoms with Crippen molar-refractivity contribution in [2.24, 2.45) is 11.7 Å². The van der Waals surface area contributed by atoms with Crippen LogP contribution in [-0.2, 0) is 10.0 Å². The Morgan fingerprint density at radius 2 is 2.00 bits per heavy atom. The molecule has 0 spiro atoms. The summed E-state index contributed by atoms with van der Waals surface area (Å²) in [7, 11) is -3.67. The van der Waals surface area contributed by atoms with E-state index in [0.717, 1.165) is 6.07 Å². The Morgan fingerprint density at radius 1 is 1.38 bits per heavy atom. The third kappa shape index (κ3) is 1.83. The lowest BCUT2D eigenvalue weighted by Gasteiger charge is -2.37. The number of rotatable bonds is 3. The van der Waals surface area contributed by atoms with Crippen LogP contribution in [-0.4, -0.2) is 32.4 Å². The summed E-state index contributed by atoms with van der Waals surface area (Å²) in [6, 6.07) is 5.40. The van der Waals surface area contributed by atoms with Crippen LogP contribution >= 0.6 is 0 Å². The number of nitrogens with two attached hydrogens (primary N) is 1. The van der Waals surface area contributed by atoms with Crippen molar-refractivity contribution >= 4 is 10.0 Å². The second-order valence-corrected chi connectivity index (χ2v) is 5.76. The molecule has 1 heterocycles. The molecule has 1 fully saturated rings. The van der Waals surface area contributed by atoms with E-state index < -0.39 is 15.8 Å². The van der Waals surface area contributed by atoms with Gasteiger partial charge in [-0.05, 0) is 24.6 Å². The summed E-state index contributed by atoms with van der Waals surface area (Å²) in [5, 5.41) is 0. The van der Waals surface area contributed by atoms with Crippen molar-refractivity contribution in [3.05, 3.63) is 30.1 Å². The minimum atomic E-state index is -3.67. The fraction of sp³-hybridized carbons (Fsp3) is 0.400. The molecular weight excluding hydrogens is 231 g/mol. The Balaban J connectivity index is 2.24. The van der Waals surface area contributed by atoms with E-state index in [-0.39, 0.29) is 10.8 Å². The average Bonchev–Trinajstić information content (AvgIpc) is 2.16. The molecule has 4 nitrogen and oxygen atoms in total. The summed E-state index contributed by atoms with van der Waals surface area (Å²) in [6.45, 7) is 1.23. The molecule has 6 heteroatoms. The smallest absolute Gasteiger partial charge is 0.246 e. The van der Waals surface area contributed by atoms with Crippen LogP contribution in [0.4, 0.5) is 4.39 Å². The van der Waals surface area contributed by atoms with E-state index in [1.54, 1.807) is 0 Å². The highest BCUT2D eigenvalue weighted by Gasteiger charge is 2.36. The van der Waals surface area contributed by atoms with Gasteiger partial charge in [-0.15, -0.1) is 0 Å². The second-order valence-electron chi connectivity index (χ2n) is 3.85. The number of nitrogens with zero attached hydrogens (tertiary/aromatic N) is 1. The first-order valence-corrected chi connectivity index (χ1v) is 6.44. The van der Waals surface area contributed by atoms with E-state index in [9.17, 15) is 12.8 Å². The number of hydrogen-bond acceptors (Lipinski definition) is 3. The van der Waals surface area contributed by atoms with Gasteiger partial charge in [0, 0.05) is 13.1 Å². The zero-order valence-electron chi connectivity index (χ0n) is 8.64. The van der Waals surface area contributed by atoms with Gasteiger partial charge < -0.3 is 5.73 Å². The fourth-order valence-electron chi connectivity index (χ4n) is 1.66. The van der Waals surface area contributed by atoms with Crippen LogP contribution in [0.15, 0.2) is 29.2 Å². The molecule has 0 amide bonds. The van der Waals surface area contributed by atoms with Crippen LogP contribution in [0.25, 0.3) is 0 Å². The van der Waals surface area contributed by atoms with E-state index >= 15 is 0 Å². The number of halogens is 1. The van der Waals surface area contributed by atoms with Crippen molar-refractivity contribution in [3.8, 4) is 0 Å². The second kappa shape index (κ2) is 4.12. The molecule has 0 aromatic heterocycles. The van der Waals surface area contributed by atoms with Crippen molar-refractivity contribution in [3.63, 3.8) is 0 Å². The van der Waals surface area contributed by atoms with Crippen LogP contribution in [0.1, 0.15) is 0 Å². The highest BCUT2D eigenvalue weighted by Crippen LogP contribution is 2.25. The molecule has 0 atom stereocenters. The van der Waals surface area contributed by atoms with E-state index in [1.807, 2.05) is 0 Å². The molecule has 1 aliphatic rings. The monoisotopic (exact) mass is 244 g/mol. The van der Waals surface area contributed by atoms with Gasteiger partial charge in [-0.2, -0.15) is 4.31 Å². The average molecular weight is 244 g/mol. The molecule has 1 aromatic carbocycles. The molecule has 0 unspecified atom stereocenters. The normalized spacial score (nSPS) is 18.4. The first kappa shape index (κ1) is 11.5. The maximum Gasteiger partial charge on any atom is 0.246 e. The molecule has 88 valence electrons. The van der Waals surface area contributed by atoms with Gasteiger partial charge in [0.05, 0.1) is 0 Å². The molecule has 2 N–H and O–H groups in total. The standard InChI is InChI=1S/C10H13FN2O2S/c11-9-3-1-2-4-10(9)16(14,15)13-6-8(5-12)7-13/h1-4,8H,5-7,12H2. The summed E-state index contributed by atoms with van der Waals surface area (Å²) in [6.07, 6.45) is 0. The summed E-state index contributed by atoms with van der Waals surface area (Å²) in [4.78, 5) is -0.259. The third-order valence-corrected chi connectivity index (χ3v) is 4.58. The molecule has 0 bridgehead atoms. The van der Waals surface area contributed by atoms with E-state index in [2.05, 4.69) is 0 Å². The molecule has 16 heavy (non-hydrogen) atoms. The highest BCUT2D eigenvalue weighted by molar-refractivity contribution is 7.89. The Bertz CT molecular complexity index is 483. The Morgan fingerprint density at radius 3 is 2.56 bits per heavy atom. The minimum Gasteiger partial charge on any atom is -0.330 e. The molecule has 2 rings (SSSR count). The lowest BCUT2D eigenvalue weighted by Crippen LogP contribution is -2.52. The third-order valence-electron chi connectivity index (χ3n) is 2.71. The topological polar surface area (TPSA) is 63.4 Å². The van der Waals surface area contributed by atoms with E-state index in [4.69, 9.17) is 5.73 Å². The lowest BCUT2D eigenvalue weighted by atomic mass is 10.0. The first-order valence-electron chi connectivity index (χ1n) is 5.00. The lowest BCUT2D eigenvalue weighted by molar-refractivity contribution is 0.207. The van der Waals surface area contributed by atoms with Crippen LogP contribution in [0.3, 0.4) is 0 Å². The summed E-state index contributed by atoms with van der Waals surface area (Å²) < 4.78 is 38.5. The maximum atomic E-state index is 13.4. The zero-order valence-corrected chi connectivity index (χ0v) is 9.45. The van der Waals surface area contributed by atoms with Gasteiger partial charge in [0.2, 0.25) is 10.0 Å². The predicted molar refractivity (Wildman–Crippen MR) is 57.7 cm³/mol. The van der Waals surface area contributed by atoms with Gasteiger partial charge in [0.1, 0.15) is 10.7 Å². The predicted octanol–water partition coefficient (Wildman–Crippen LogP) is 0.405. The SMILES string of the molecule is NCC1CN(S(=O)(=O)c2ccccc2F)C1. The van der Waals surface area contributed by atoms with Gasteiger partial charge >= 0.3 is 0 Å². The molecule has 0 saturated carbocycles. The van der Waals surface area contributed by atoms with Crippen molar-refractivity contribution < 1.29 is 12.8 Å². The summed E-state index contributed by atoms with van der Waals surface area (Å²) in [5.74, 6) is -0.514. The first-order chi connectivity index (χ1) is 7.55. The van der Waals surface area contributed by atoms with Crippen LogP contribution in [0.5, 0.6) is 0 Å². The fourth-order valence-corrected chi connectivity index (χ4v) is 3.32. The molecule has 0 radical (unpaired) electrons. The zero-order chi connectivity index (χ0) is 11.8. The van der Waals surface area contributed by atoms with Crippen molar-refractivity contribution in [1.82, 2.24) is 4.31 Å². The Hall–Kier alpha value is -0.980. The Labute approximate surface area is 93.9 Å². The largest absolute Gasteiger partial charge is 0.330 e. The van der Waals surface area contributed by atoms with Crippen LogP contribution in [0, 0.1) is 11.7 Å². The van der Waals surface area contributed by atoms with Crippen molar-refractivity contribution in [2.75, 3.05) is 19.6 Å². The van der Waals surface area contributed by atoms with Gasteiger partial charge in [0.25, 0.3) is 0 Å². The maximum absolute atomic E-state index is 13.4. The van der Waals surface area contributed by atoms with E-state index in [0.29, 0.717) is 19.6 Å². The van der Waals surface area contributed by atoms with Gasteiger partial charge in [-0.25, -0.2) is 12.8 Å². The molecule has 1 saturated heterocycles. The number of benzene rings is 1. The highest BCUT2D eigenvalue weighted by atomic mass is 32.2. The van der Waals surface area contributed by atoms with Gasteiger partial charge in [-0.1, -0.05) is 12.1 Å². The van der Waals surface area contributed by atoms with Crippen molar-refractivity contribution in [1.29, 1.82) is 0 Å². The quantitative estimate of drug-likeness (QED) is 0.837. The minimum absolute atomic E-state index is 0.196. The van der Waals surface area contributed by atoms with Gasteiger partial charge in [0.15, 0.2) is 0 Å².